The van der Waals surface area contributed by atoms with Crippen molar-refractivity contribution in [2.24, 2.45) is 5.18 Å². The van der Waals surface area contributed by atoms with Crippen LogP contribution in [0, 0.1) is 11.8 Å². The van der Waals surface area contributed by atoms with Gasteiger partial charge >= 0.3 is 11.9 Å². The third-order valence-corrected chi connectivity index (χ3v) is 6.46. The van der Waals surface area contributed by atoms with Gasteiger partial charge in [-0.05, 0) is 53.9 Å². The van der Waals surface area contributed by atoms with Gasteiger partial charge in [-0.3, -0.25) is 24.1 Å². The van der Waals surface area contributed by atoms with Crippen molar-refractivity contribution in [3.63, 3.8) is 0 Å². The molecule has 39 heavy (non-hydrogen) atoms. The average molecular weight is 530 g/mol. The number of hydrogen-bond donors (Lipinski definition) is 2. The van der Waals surface area contributed by atoms with E-state index in [-0.39, 0.29) is 35.3 Å². The molecule has 0 bridgehead atoms. The molecular weight excluding hydrogens is 506 g/mol. The van der Waals surface area contributed by atoms with Gasteiger partial charge in [0, 0.05) is 40.9 Å². The number of amides is 4. The van der Waals surface area contributed by atoms with Crippen LogP contribution in [-0.2, 0) is 17.9 Å². The number of benzene rings is 3. The number of carbonyl (C=O) groups is 5. The van der Waals surface area contributed by atoms with E-state index in [9.17, 15) is 39.1 Å². The molecule has 0 aromatic heterocycles. The highest BCUT2D eigenvalue weighted by Crippen LogP contribution is 2.33. The Morgan fingerprint density at radius 3 is 2.31 bits per heavy atom. The summed E-state index contributed by atoms with van der Waals surface area (Å²) in [4.78, 5) is 74.1. The number of aryl methyl sites for hydroxylation is 1. The molecule has 11 heteroatoms. The van der Waals surface area contributed by atoms with Gasteiger partial charge in [0.2, 0.25) is 5.91 Å². The van der Waals surface area contributed by atoms with E-state index < -0.39 is 35.8 Å². The van der Waals surface area contributed by atoms with Crippen LogP contribution in [0.3, 0.4) is 0 Å². The largest absolute Gasteiger partial charge is 0.478 e. The predicted molar refractivity (Wildman–Crippen MR) is 137 cm³/mol. The number of nitroso groups, excluding NO2 is 1. The summed E-state index contributed by atoms with van der Waals surface area (Å²) >= 11 is 0. The van der Waals surface area contributed by atoms with Crippen molar-refractivity contribution in [3.05, 3.63) is 110 Å². The highest BCUT2D eigenvalue weighted by atomic mass is 16.4. The van der Waals surface area contributed by atoms with E-state index in [1.807, 2.05) is 0 Å². The zero-order chi connectivity index (χ0) is 28.4. The van der Waals surface area contributed by atoms with E-state index in [0.717, 1.165) is 4.90 Å². The zero-order valence-corrected chi connectivity index (χ0v) is 21.0. The van der Waals surface area contributed by atoms with E-state index in [2.05, 4.69) is 5.18 Å². The third-order valence-electron chi connectivity index (χ3n) is 6.46. The lowest BCUT2D eigenvalue weighted by molar-refractivity contribution is -0.126. The fraction of sp³-hybridized carbons (Fsp3) is 0.179. The summed E-state index contributed by atoms with van der Waals surface area (Å²) in [5, 5.41) is 22.3. The summed E-state index contributed by atoms with van der Waals surface area (Å²) in [6.07, 6.45) is -1.26. The van der Waals surface area contributed by atoms with E-state index in [1.54, 1.807) is 31.2 Å². The molecule has 11 nitrogen and oxygen atoms in total. The van der Waals surface area contributed by atoms with Gasteiger partial charge in [-0.2, -0.15) is 0 Å². The van der Waals surface area contributed by atoms with Crippen molar-refractivity contribution in [2.75, 3.05) is 0 Å². The summed E-state index contributed by atoms with van der Waals surface area (Å²) < 4.78 is 0. The molecule has 3 aromatic rings. The fourth-order valence-corrected chi connectivity index (χ4v) is 4.46. The maximum Gasteiger partial charge on any atom is 0.335 e. The first-order valence-corrected chi connectivity index (χ1v) is 11.8. The van der Waals surface area contributed by atoms with E-state index in [4.69, 9.17) is 0 Å². The summed E-state index contributed by atoms with van der Waals surface area (Å²) in [6.45, 7) is 2.73. The minimum absolute atomic E-state index is 0.00168. The second kappa shape index (κ2) is 10.8. The Balaban J connectivity index is 1.54. The lowest BCUT2D eigenvalue weighted by Gasteiger charge is -2.23. The Hall–Kier alpha value is -5.03. The molecule has 1 unspecified atom stereocenters. The van der Waals surface area contributed by atoms with Gasteiger partial charge in [0.25, 0.3) is 11.8 Å². The monoisotopic (exact) mass is 529 g/mol. The molecule has 0 saturated heterocycles. The van der Waals surface area contributed by atoms with Crippen LogP contribution in [-0.4, -0.2) is 49.6 Å². The molecule has 0 aliphatic carbocycles. The summed E-state index contributed by atoms with van der Waals surface area (Å²) in [5.74, 6) is -3.79. The summed E-state index contributed by atoms with van der Waals surface area (Å²) in [5.41, 5.74) is 2.14. The predicted octanol–water partition coefficient (Wildman–Crippen LogP) is 3.44. The van der Waals surface area contributed by atoms with Crippen LogP contribution in [0.5, 0.6) is 0 Å². The molecule has 2 N–H and O–H groups in total. The van der Waals surface area contributed by atoms with Gasteiger partial charge < -0.3 is 15.1 Å². The normalized spacial score (nSPS) is 14.1. The number of carbonyl (C=O) groups excluding carboxylic acids is 4. The van der Waals surface area contributed by atoms with Gasteiger partial charge in [-0.1, -0.05) is 30.3 Å². The van der Waals surface area contributed by atoms with Crippen LogP contribution in [0.15, 0.2) is 65.8 Å². The number of carboxylic acid groups (broad SMARTS) is 1. The van der Waals surface area contributed by atoms with Gasteiger partial charge in [-0.25, -0.2) is 4.79 Å². The molecule has 4 amide bonds. The topological polar surface area (TPSA) is 162 Å². The first kappa shape index (κ1) is 27.0. The molecule has 4 rings (SSSR count). The number of hydrogen-bond acceptors (Lipinski definition) is 7. The third kappa shape index (κ3) is 5.34. The smallest absolute Gasteiger partial charge is 0.335 e. The molecule has 0 fully saturated rings. The molecule has 1 aliphatic heterocycles. The van der Waals surface area contributed by atoms with Crippen LogP contribution in [0.4, 0.5) is 0 Å². The van der Waals surface area contributed by atoms with E-state index >= 15 is 0 Å². The molecule has 1 atom stereocenters. The number of aliphatic hydroxyl groups excluding tert-OH is 1. The maximum atomic E-state index is 13.2. The number of fused-ring (bicyclic) bond motifs is 1. The van der Waals surface area contributed by atoms with Gasteiger partial charge in [0.05, 0.1) is 12.1 Å². The fourth-order valence-electron chi connectivity index (χ4n) is 4.46. The van der Waals surface area contributed by atoms with E-state index in [0.29, 0.717) is 22.3 Å². The molecule has 1 heterocycles. The minimum Gasteiger partial charge on any atom is -0.478 e. The Kier molecular flexibility index (Phi) is 7.45. The van der Waals surface area contributed by atoms with Crippen molar-refractivity contribution >= 4 is 29.6 Å². The first-order valence-electron chi connectivity index (χ1n) is 11.8. The lowest BCUT2D eigenvalue weighted by atomic mass is 10.0. The Morgan fingerprint density at radius 1 is 0.974 bits per heavy atom. The second-order valence-corrected chi connectivity index (χ2v) is 9.07. The van der Waals surface area contributed by atoms with Crippen LogP contribution >= 0.6 is 0 Å². The molecule has 0 saturated carbocycles. The van der Waals surface area contributed by atoms with Gasteiger partial charge in [-0.15, -0.1) is 4.91 Å². The summed E-state index contributed by atoms with van der Waals surface area (Å²) in [6, 6.07) is 14.8. The maximum absolute atomic E-state index is 13.2. The lowest BCUT2D eigenvalue weighted by Crippen LogP contribution is -2.35. The number of imide groups is 1. The quantitative estimate of drug-likeness (QED) is 0.440. The number of carboxylic acids is 1. The number of rotatable bonds is 7. The standard InChI is InChI=1S/C28H23N3O8/c1-15-10-19(24(33)29-39)6-8-21(15)25(34)30(16(2)32)13-17-4-3-5-18(11-17)14-31-26(35)22-9-7-20(28(37)38)12-23(22)27(31)36/h3-12,26,35H,13-14H2,1-2H3,(H,37,38). The number of aromatic carboxylic acids is 1. The van der Waals surface area contributed by atoms with Crippen LogP contribution in [0.2, 0.25) is 0 Å². The van der Waals surface area contributed by atoms with Crippen molar-refractivity contribution in [3.8, 4) is 0 Å². The number of aliphatic hydroxyl groups is 1. The summed E-state index contributed by atoms with van der Waals surface area (Å²) in [7, 11) is 0. The minimum atomic E-state index is -1.26. The Morgan fingerprint density at radius 2 is 1.67 bits per heavy atom. The van der Waals surface area contributed by atoms with Crippen molar-refractivity contribution in [1.82, 2.24) is 9.80 Å². The van der Waals surface area contributed by atoms with E-state index in [1.165, 1.54) is 48.2 Å². The molecule has 3 aromatic carbocycles. The highest BCUT2D eigenvalue weighted by Gasteiger charge is 2.36. The SMILES string of the molecule is CC(=O)N(Cc1cccc(CN2C(=O)c3cc(C(=O)O)ccc3C2O)c1)C(=O)c1ccc(C(=O)N=O)cc1C. The molecule has 0 spiro atoms. The highest BCUT2D eigenvalue weighted by molar-refractivity contribution is 6.06. The van der Waals surface area contributed by atoms with Crippen LogP contribution in [0.1, 0.15) is 76.8 Å². The molecule has 198 valence electrons. The van der Waals surface area contributed by atoms with Gasteiger partial charge in [0.1, 0.15) is 0 Å². The molecule has 0 radical (unpaired) electrons. The van der Waals surface area contributed by atoms with Crippen molar-refractivity contribution in [2.45, 2.75) is 33.2 Å². The number of nitrogens with zero attached hydrogens (tertiary/aromatic N) is 3. The Bertz CT molecular complexity index is 1550. The van der Waals surface area contributed by atoms with Crippen molar-refractivity contribution in [1.29, 1.82) is 0 Å². The molecule has 1 aliphatic rings. The van der Waals surface area contributed by atoms with Crippen LogP contribution in [0.25, 0.3) is 0 Å². The second-order valence-electron chi connectivity index (χ2n) is 9.07. The van der Waals surface area contributed by atoms with Crippen molar-refractivity contribution < 1.29 is 34.2 Å². The Labute approximate surface area is 222 Å². The first-order chi connectivity index (χ1) is 18.5. The average Bonchev–Trinajstić information content (AvgIpc) is 3.15. The molecular formula is C28H23N3O8. The van der Waals surface area contributed by atoms with Gasteiger partial charge in [0.15, 0.2) is 6.23 Å². The van der Waals surface area contributed by atoms with Crippen LogP contribution < -0.4 is 0 Å². The zero-order valence-electron chi connectivity index (χ0n) is 21.0.